The van der Waals surface area contributed by atoms with Gasteiger partial charge in [-0.05, 0) is 19.3 Å². The summed E-state index contributed by atoms with van der Waals surface area (Å²) in [4.78, 5) is 11.5. The fourth-order valence-electron chi connectivity index (χ4n) is 1.87. The molecule has 1 atom stereocenters. The highest BCUT2D eigenvalue weighted by atomic mass is 16.5. The number of ether oxygens (including phenoxy) is 1. The molecule has 0 aromatic rings. The summed E-state index contributed by atoms with van der Waals surface area (Å²) in [5.74, 6) is 0.229. The van der Waals surface area contributed by atoms with Gasteiger partial charge in [0.15, 0.2) is 0 Å². The van der Waals surface area contributed by atoms with Crippen LogP contribution in [0.4, 0.5) is 0 Å². The van der Waals surface area contributed by atoms with Crippen molar-refractivity contribution in [2.24, 2.45) is 5.92 Å². The van der Waals surface area contributed by atoms with Gasteiger partial charge in [-0.25, -0.2) is 0 Å². The minimum absolute atomic E-state index is 0.0451. The second-order valence-corrected chi connectivity index (χ2v) is 3.86. The molecule has 2 nitrogen and oxygen atoms in total. The molecule has 1 rings (SSSR count). The summed E-state index contributed by atoms with van der Waals surface area (Å²) in [6.45, 7) is 2.76. The third kappa shape index (κ3) is 3.79. The molecule has 13 heavy (non-hydrogen) atoms. The number of rotatable bonds is 2. The normalized spacial score (nSPS) is 25.6. The van der Waals surface area contributed by atoms with Gasteiger partial charge < -0.3 is 4.74 Å². The van der Waals surface area contributed by atoms with E-state index in [0.717, 1.165) is 25.7 Å². The van der Waals surface area contributed by atoms with Gasteiger partial charge in [-0.15, -0.1) is 0 Å². The van der Waals surface area contributed by atoms with Crippen molar-refractivity contribution < 1.29 is 9.53 Å². The Morgan fingerprint density at radius 3 is 2.85 bits per heavy atom. The number of esters is 1. The van der Waals surface area contributed by atoms with Crippen molar-refractivity contribution in [3.8, 4) is 0 Å². The Hall–Kier alpha value is -0.530. The molecule has 0 N–H and O–H groups in total. The highest BCUT2D eigenvalue weighted by molar-refractivity contribution is 5.72. The molecule has 1 aliphatic rings. The zero-order valence-electron chi connectivity index (χ0n) is 8.55. The van der Waals surface area contributed by atoms with Gasteiger partial charge in [-0.3, -0.25) is 4.79 Å². The first-order valence-electron chi connectivity index (χ1n) is 5.51. The van der Waals surface area contributed by atoms with Crippen LogP contribution in [0.1, 0.15) is 51.9 Å². The second-order valence-electron chi connectivity index (χ2n) is 3.86. The molecule has 2 heteroatoms. The smallest absolute Gasteiger partial charge is 0.308 e. The lowest BCUT2D eigenvalue weighted by atomic mass is 9.97. The summed E-state index contributed by atoms with van der Waals surface area (Å²) < 4.78 is 5.19. The largest absolute Gasteiger partial charge is 0.465 e. The monoisotopic (exact) mass is 184 g/mol. The standard InChI is InChI=1S/C11H20O2/c1-2-7-10-8-5-3-4-6-9-13-11(10)12/h10H,2-9H2,1H3. The average molecular weight is 184 g/mol. The summed E-state index contributed by atoms with van der Waals surface area (Å²) in [6.07, 6.45) is 7.83. The Morgan fingerprint density at radius 1 is 1.31 bits per heavy atom. The van der Waals surface area contributed by atoms with E-state index < -0.39 is 0 Å². The van der Waals surface area contributed by atoms with Crippen LogP contribution in [0.3, 0.4) is 0 Å². The molecule has 76 valence electrons. The highest BCUT2D eigenvalue weighted by Crippen LogP contribution is 2.19. The molecule has 0 radical (unpaired) electrons. The lowest BCUT2D eigenvalue weighted by molar-refractivity contribution is -0.148. The van der Waals surface area contributed by atoms with E-state index in [1.807, 2.05) is 0 Å². The Balaban J connectivity index is 2.40. The number of carbonyl (C=O) groups excluding carboxylic acids is 1. The molecular formula is C11H20O2. The summed E-state index contributed by atoms with van der Waals surface area (Å²) in [7, 11) is 0. The van der Waals surface area contributed by atoms with Gasteiger partial charge in [0.05, 0.1) is 12.5 Å². The van der Waals surface area contributed by atoms with Gasteiger partial charge >= 0.3 is 5.97 Å². The van der Waals surface area contributed by atoms with Crippen LogP contribution in [0.2, 0.25) is 0 Å². The Bertz CT molecular complexity index is 154. The van der Waals surface area contributed by atoms with Crippen molar-refractivity contribution in [1.29, 1.82) is 0 Å². The lowest BCUT2D eigenvalue weighted by Crippen LogP contribution is -2.17. The molecule has 1 heterocycles. The van der Waals surface area contributed by atoms with Gasteiger partial charge in [-0.2, -0.15) is 0 Å². The molecule has 1 aliphatic heterocycles. The van der Waals surface area contributed by atoms with Gasteiger partial charge in [-0.1, -0.05) is 32.6 Å². The summed E-state index contributed by atoms with van der Waals surface area (Å²) >= 11 is 0. The van der Waals surface area contributed by atoms with Crippen LogP contribution in [0.15, 0.2) is 0 Å². The first kappa shape index (κ1) is 10.6. The van der Waals surface area contributed by atoms with E-state index in [0.29, 0.717) is 6.61 Å². The molecular weight excluding hydrogens is 164 g/mol. The third-order valence-electron chi connectivity index (χ3n) is 2.66. The maximum atomic E-state index is 11.5. The summed E-state index contributed by atoms with van der Waals surface area (Å²) in [5.41, 5.74) is 0. The van der Waals surface area contributed by atoms with Gasteiger partial charge in [0, 0.05) is 0 Å². The Morgan fingerprint density at radius 2 is 2.08 bits per heavy atom. The molecule has 0 aromatic heterocycles. The predicted octanol–water partition coefficient (Wildman–Crippen LogP) is 2.91. The van der Waals surface area contributed by atoms with Crippen LogP contribution in [0, 0.1) is 5.92 Å². The highest BCUT2D eigenvalue weighted by Gasteiger charge is 2.19. The molecule has 0 saturated carbocycles. The van der Waals surface area contributed by atoms with Crippen molar-refractivity contribution >= 4 is 5.97 Å². The SMILES string of the molecule is CCCC1CCCCCCOC1=O. The molecule has 1 saturated heterocycles. The van der Waals surface area contributed by atoms with E-state index in [1.165, 1.54) is 19.3 Å². The quantitative estimate of drug-likeness (QED) is 0.617. The fraction of sp³-hybridized carbons (Fsp3) is 0.909. The average Bonchev–Trinajstić information content (AvgIpc) is 2.21. The van der Waals surface area contributed by atoms with E-state index in [4.69, 9.17) is 4.74 Å². The van der Waals surface area contributed by atoms with E-state index in [2.05, 4.69) is 6.92 Å². The maximum Gasteiger partial charge on any atom is 0.308 e. The Kier molecular flexibility index (Phi) is 4.87. The van der Waals surface area contributed by atoms with Crippen molar-refractivity contribution in [2.45, 2.75) is 51.9 Å². The van der Waals surface area contributed by atoms with Crippen LogP contribution in [0.5, 0.6) is 0 Å². The van der Waals surface area contributed by atoms with Gasteiger partial charge in [0.2, 0.25) is 0 Å². The molecule has 0 spiro atoms. The van der Waals surface area contributed by atoms with Crippen LogP contribution in [-0.2, 0) is 9.53 Å². The molecule has 1 fully saturated rings. The van der Waals surface area contributed by atoms with E-state index in [9.17, 15) is 4.79 Å². The maximum absolute atomic E-state index is 11.5. The van der Waals surface area contributed by atoms with Crippen molar-refractivity contribution in [3.63, 3.8) is 0 Å². The molecule has 0 aliphatic carbocycles. The van der Waals surface area contributed by atoms with E-state index in [-0.39, 0.29) is 11.9 Å². The van der Waals surface area contributed by atoms with Crippen LogP contribution < -0.4 is 0 Å². The van der Waals surface area contributed by atoms with Crippen LogP contribution in [-0.4, -0.2) is 12.6 Å². The predicted molar refractivity (Wildman–Crippen MR) is 52.4 cm³/mol. The molecule has 1 unspecified atom stereocenters. The zero-order valence-corrected chi connectivity index (χ0v) is 8.55. The minimum Gasteiger partial charge on any atom is -0.465 e. The zero-order chi connectivity index (χ0) is 9.52. The summed E-state index contributed by atoms with van der Waals surface area (Å²) in [6, 6.07) is 0. The van der Waals surface area contributed by atoms with Crippen LogP contribution in [0.25, 0.3) is 0 Å². The number of carbonyl (C=O) groups is 1. The third-order valence-corrected chi connectivity index (χ3v) is 2.66. The fourth-order valence-corrected chi connectivity index (χ4v) is 1.87. The molecule has 0 amide bonds. The first-order valence-corrected chi connectivity index (χ1v) is 5.51. The number of hydrogen-bond donors (Lipinski definition) is 0. The number of hydrogen-bond acceptors (Lipinski definition) is 2. The topological polar surface area (TPSA) is 26.3 Å². The second kappa shape index (κ2) is 6.01. The lowest BCUT2D eigenvalue weighted by Gasteiger charge is -2.12. The van der Waals surface area contributed by atoms with Crippen molar-refractivity contribution in [1.82, 2.24) is 0 Å². The van der Waals surface area contributed by atoms with Crippen molar-refractivity contribution in [2.75, 3.05) is 6.61 Å². The number of cyclic esters (lactones) is 1. The van der Waals surface area contributed by atoms with Crippen molar-refractivity contribution in [3.05, 3.63) is 0 Å². The molecule has 0 bridgehead atoms. The van der Waals surface area contributed by atoms with E-state index >= 15 is 0 Å². The minimum atomic E-state index is 0.0451. The van der Waals surface area contributed by atoms with Gasteiger partial charge in [0.1, 0.15) is 0 Å². The first-order chi connectivity index (χ1) is 6.34. The summed E-state index contributed by atoms with van der Waals surface area (Å²) in [5, 5.41) is 0. The molecule has 0 aromatic carbocycles. The van der Waals surface area contributed by atoms with Gasteiger partial charge in [0.25, 0.3) is 0 Å². The Labute approximate surface area is 80.7 Å². The van der Waals surface area contributed by atoms with Crippen LogP contribution >= 0.6 is 0 Å². The van der Waals surface area contributed by atoms with E-state index in [1.54, 1.807) is 0 Å².